The highest BCUT2D eigenvalue weighted by Gasteiger charge is 2.32. The van der Waals surface area contributed by atoms with Crippen LogP contribution in [0.25, 0.3) is 0 Å². The minimum atomic E-state index is -0.439. The Morgan fingerprint density at radius 2 is 1.65 bits per heavy atom. The van der Waals surface area contributed by atoms with Crippen LogP contribution in [0.5, 0.6) is 0 Å². The Morgan fingerprint density at radius 1 is 0.900 bits per heavy atom. The third kappa shape index (κ3) is 5.72. The van der Waals surface area contributed by atoms with Gasteiger partial charge in [-0.1, -0.05) is 29.8 Å². The number of carbonyl (C=O) groups excluding carboxylic acids is 3. The van der Waals surface area contributed by atoms with Gasteiger partial charge in [-0.2, -0.15) is 5.06 Å². The number of hydrogen-bond donors (Lipinski definition) is 0. The number of hydrogen-bond acceptors (Lipinski definition) is 6. The molecule has 2 aliphatic heterocycles. The summed E-state index contributed by atoms with van der Waals surface area (Å²) in [6.07, 6.45) is 2.55. The Kier molecular flexibility index (Phi) is 8.44. The van der Waals surface area contributed by atoms with Crippen LogP contribution in [-0.2, 0) is 11.3 Å². The number of anilines is 2. The lowest BCUT2D eigenvalue weighted by Gasteiger charge is -2.33. The van der Waals surface area contributed by atoms with Crippen LogP contribution in [0.2, 0.25) is 5.02 Å². The molecule has 1 aromatic heterocycles. The summed E-state index contributed by atoms with van der Waals surface area (Å²) in [5.41, 5.74) is 2.35. The molecule has 0 radical (unpaired) electrons. The van der Waals surface area contributed by atoms with Crippen molar-refractivity contribution in [1.82, 2.24) is 14.8 Å². The molecule has 0 spiro atoms. The largest absolute Gasteiger partial charge is 0.335 e. The summed E-state index contributed by atoms with van der Waals surface area (Å²) in [4.78, 5) is 56.8. The molecular weight excluding hydrogens is 530 g/mol. The van der Waals surface area contributed by atoms with Crippen molar-refractivity contribution in [2.24, 2.45) is 0 Å². The topological polar surface area (TPSA) is 86.3 Å². The number of fused-ring (bicyclic) bond motifs is 1. The summed E-state index contributed by atoms with van der Waals surface area (Å²) in [6.45, 7) is 2.96. The van der Waals surface area contributed by atoms with Crippen molar-refractivity contribution in [3.8, 4) is 0 Å². The van der Waals surface area contributed by atoms with Crippen molar-refractivity contribution in [2.45, 2.75) is 19.3 Å². The molecule has 3 aromatic rings. The molecule has 1 saturated heterocycles. The van der Waals surface area contributed by atoms with Gasteiger partial charge in [0.25, 0.3) is 17.7 Å². The van der Waals surface area contributed by atoms with Crippen LogP contribution in [0.4, 0.5) is 11.5 Å². The molecule has 2 aromatic carbocycles. The number of rotatable bonds is 5. The summed E-state index contributed by atoms with van der Waals surface area (Å²) in [7, 11) is 3.37. The molecule has 0 saturated carbocycles. The fourth-order valence-corrected chi connectivity index (χ4v) is 5.31. The SMILES string of the molecule is CON(C(=O)c1ccccc1)c1ccc(C(=O)N2CCCCc3cc(Cl)ccc32)c(C(=O)N2CCN(C)CC2)n1. The van der Waals surface area contributed by atoms with Crippen LogP contribution in [0.3, 0.4) is 0 Å². The van der Waals surface area contributed by atoms with Crippen molar-refractivity contribution in [3.63, 3.8) is 0 Å². The molecule has 0 bridgehead atoms. The number of nitrogens with zero attached hydrogens (tertiary/aromatic N) is 5. The Balaban J connectivity index is 1.56. The summed E-state index contributed by atoms with van der Waals surface area (Å²) in [5.74, 6) is -0.993. The van der Waals surface area contributed by atoms with E-state index in [0.29, 0.717) is 43.3 Å². The lowest BCUT2D eigenvalue weighted by atomic mass is 10.1. The zero-order valence-corrected chi connectivity index (χ0v) is 23.4. The van der Waals surface area contributed by atoms with Gasteiger partial charge in [-0.15, -0.1) is 0 Å². The number of carbonyl (C=O) groups is 3. The molecule has 208 valence electrons. The van der Waals surface area contributed by atoms with Crippen molar-refractivity contribution < 1.29 is 19.2 Å². The number of amides is 3. The molecule has 1 fully saturated rings. The van der Waals surface area contributed by atoms with E-state index in [1.165, 1.54) is 7.11 Å². The van der Waals surface area contributed by atoms with Gasteiger partial charge in [-0.3, -0.25) is 19.2 Å². The number of likely N-dealkylation sites (N-methyl/N-ethyl adjacent to an activating group) is 1. The zero-order chi connectivity index (χ0) is 28.2. The van der Waals surface area contributed by atoms with Crippen molar-refractivity contribution in [1.29, 1.82) is 0 Å². The maximum absolute atomic E-state index is 14.1. The van der Waals surface area contributed by atoms with Gasteiger partial charge in [-0.25, -0.2) is 4.98 Å². The van der Waals surface area contributed by atoms with E-state index >= 15 is 0 Å². The van der Waals surface area contributed by atoms with Gasteiger partial charge in [0, 0.05) is 49.0 Å². The van der Waals surface area contributed by atoms with Crippen LogP contribution in [0, 0.1) is 0 Å². The molecule has 3 amide bonds. The number of benzene rings is 2. The average Bonchev–Trinajstić information content (AvgIpc) is 3.19. The third-order valence-electron chi connectivity index (χ3n) is 7.36. The highest BCUT2D eigenvalue weighted by Crippen LogP contribution is 2.31. The van der Waals surface area contributed by atoms with Crippen molar-refractivity contribution in [3.05, 3.63) is 88.1 Å². The Hall–Kier alpha value is -3.79. The average molecular weight is 562 g/mol. The Bertz CT molecular complexity index is 1410. The molecule has 0 atom stereocenters. The summed E-state index contributed by atoms with van der Waals surface area (Å²) in [6, 6.07) is 17.3. The first-order valence-electron chi connectivity index (χ1n) is 13.4. The second-order valence-corrected chi connectivity index (χ2v) is 10.4. The molecule has 3 heterocycles. The summed E-state index contributed by atoms with van der Waals surface area (Å²) < 4.78 is 0. The maximum atomic E-state index is 14.1. The first-order valence-corrected chi connectivity index (χ1v) is 13.8. The van der Waals surface area contributed by atoms with Gasteiger partial charge in [0.2, 0.25) is 0 Å². The molecule has 9 nitrogen and oxygen atoms in total. The minimum Gasteiger partial charge on any atom is -0.335 e. The van der Waals surface area contributed by atoms with E-state index in [-0.39, 0.29) is 28.9 Å². The van der Waals surface area contributed by atoms with Crippen LogP contribution >= 0.6 is 11.6 Å². The summed E-state index contributed by atoms with van der Waals surface area (Å²) >= 11 is 6.26. The number of piperazine rings is 1. The monoisotopic (exact) mass is 561 g/mol. The quantitative estimate of drug-likeness (QED) is 0.431. The number of hydroxylamine groups is 1. The predicted octanol–water partition coefficient (Wildman–Crippen LogP) is 4.31. The second kappa shape index (κ2) is 12.2. The molecule has 0 N–H and O–H groups in total. The lowest BCUT2D eigenvalue weighted by Crippen LogP contribution is -2.48. The van der Waals surface area contributed by atoms with Crippen LogP contribution in [0.15, 0.2) is 60.7 Å². The minimum absolute atomic E-state index is 0.00488. The Morgan fingerprint density at radius 3 is 2.38 bits per heavy atom. The number of aryl methyl sites for hydroxylation is 1. The maximum Gasteiger partial charge on any atom is 0.283 e. The van der Waals surface area contributed by atoms with Gasteiger partial charge < -0.3 is 14.7 Å². The fraction of sp³-hybridized carbons (Fsp3) is 0.333. The molecular formula is C30H32ClN5O4. The van der Waals surface area contributed by atoms with E-state index in [9.17, 15) is 14.4 Å². The smallest absolute Gasteiger partial charge is 0.283 e. The molecule has 2 aliphatic rings. The number of pyridine rings is 1. The number of aromatic nitrogens is 1. The van der Waals surface area contributed by atoms with Gasteiger partial charge in [-0.05, 0) is 74.3 Å². The predicted molar refractivity (Wildman–Crippen MR) is 154 cm³/mol. The highest BCUT2D eigenvalue weighted by molar-refractivity contribution is 6.30. The molecule has 0 unspecified atom stereocenters. The lowest BCUT2D eigenvalue weighted by molar-refractivity contribution is 0.0651. The van der Waals surface area contributed by atoms with Gasteiger partial charge in [0.15, 0.2) is 5.82 Å². The van der Waals surface area contributed by atoms with Gasteiger partial charge >= 0.3 is 0 Å². The third-order valence-corrected chi connectivity index (χ3v) is 7.59. The molecule has 5 rings (SSSR count). The van der Waals surface area contributed by atoms with E-state index in [0.717, 1.165) is 35.6 Å². The zero-order valence-electron chi connectivity index (χ0n) is 22.7. The van der Waals surface area contributed by atoms with Gasteiger partial charge in [0.05, 0.1) is 12.7 Å². The highest BCUT2D eigenvalue weighted by atomic mass is 35.5. The van der Waals surface area contributed by atoms with Crippen LogP contribution < -0.4 is 9.96 Å². The van der Waals surface area contributed by atoms with E-state index in [4.69, 9.17) is 16.4 Å². The first kappa shape index (κ1) is 27.8. The standard InChI is InChI=1S/C30H32ClN5O4/c1-33-16-18-34(19-17-33)30(39)27-24(29(38)35-15-7-6-10-22-20-23(31)11-13-25(22)35)12-14-26(32-27)36(40-2)28(37)21-8-4-3-5-9-21/h3-5,8-9,11-14,20H,6-7,10,15-19H2,1-2H3. The van der Waals surface area contributed by atoms with E-state index < -0.39 is 5.91 Å². The van der Waals surface area contributed by atoms with E-state index in [2.05, 4.69) is 9.88 Å². The van der Waals surface area contributed by atoms with E-state index in [1.807, 2.05) is 25.2 Å². The normalized spacial score (nSPS) is 15.8. The van der Waals surface area contributed by atoms with Crippen LogP contribution in [-0.4, -0.2) is 79.4 Å². The molecule has 0 aliphatic carbocycles. The fourth-order valence-electron chi connectivity index (χ4n) is 5.12. The van der Waals surface area contributed by atoms with Crippen molar-refractivity contribution >= 4 is 40.8 Å². The van der Waals surface area contributed by atoms with Crippen LogP contribution in [0.1, 0.15) is 49.6 Å². The molecule has 40 heavy (non-hydrogen) atoms. The van der Waals surface area contributed by atoms with E-state index in [1.54, 1.807) is 52.3 Å². The Labute approximate surface area is 238 Å². The molecule has 10 heteroatoms. The summed E-state index contributed by atoms with van der Waals surface area (Å²) in [5, 5.41) is 1.65. The first-order chi connectivity index (χ1) is 19.4. The van der Waals surface area contributed by atoms with Crippen molar-refractivity contribution in [2.75, 3.05) is 56.8 Å². The van der Waals surface area contributed by atoms with Gasteiger partial charge in [0.1, 0.15) is 5.69 Å². The number of halogens is 1. The second-order valence-electron chi connectivity index (χ2n) is 10.00.